The van der Waals surface area contributed by atoms with Gasteiger partial charge in [0.2, 0.25) is 0 Å². The second-order valence-electron chi connectivity index (χ2n) is 3.29. The number of ether oxygens (including phenoxy) is 1. The van der Waals surface area contributed by atoms with Crippen LogP contribution in [0.25, 0.3) is 0 Å². The van der Waals surface area contributed by atoms with E-state index in [4.69, 9.17) is 27.9 Å². The zero-order chi connectivity index (χ0) is 10.6. The van der Waals surface area contributed by atoms with Crippen molar-refractivity contribution in [2.45, 2.75) is 32.8 Å². The molecule has 0 bridgehead atoms. The van der Waals surface area contributed by atoms with Gasteiger partial charge in [0.05, 0.1) is 11.1 Å². The van der Waals surface area contributed by atoms with E-state index in [1.807, 2.05) is 6.92 Å². The molecule has 1 nitrogen and oxygen atoms in total. The average Bonchev–Trinajstić information content (AvgIpc) is 2.12. The zero-order valence-corrected chi connectivity index (χ0v) is 9.90. The standard InChI is InChI=1S/C11H14Cl2O/c1-3-4-8(2)14-11-7-9(12)5-6-10(11)13/h5-8H,3-4H2,1-2H3. The molecular weight excluding hydrogens is 219 g/mol. The Hall–Kier alpha value is -0.400. The first-order valence-electron chi connectivity index (χ1n) is 4.75. The SMILES string of the molecule is CCCC(C)Oc1cc(Cl)ccc1Cl. The third-order valence-electron chi connectivity index (χ3n) is 1.92. The van der Waals surface area contributed by atoms with Gasteiger partial charge in [0.1, 0.15) is 5.75 Å². The van der Waals surface area contributed by atoms with Gasteiger partial charge in [-0.1, -0.05) is 36.5 Å². The van der Waals surface area contributed by atoms with E-state index in [1.54, 1.807) is 18.2 Å². The van der Waals surface area contributed by atoms with Gasteiger partial charge in [0, 0.05) is 11.1 Å². The second-order valence-corrected chi connectivity index (χ2v) is 4.14. The summed E-state index contributed by atoms with van der Waals surface area (Å²) in [6.45, 7) is 4.15. The molecule has 0 saturated heterocycles. The smallest absolute Gasteiger partial charge is 0.139 e. The Labute approximate surface area is 95.0 Å². The van der Waals surface area contributed by atoms with Gasteiger partial charge >= 0.3 is 0 Å². The van der Waals surface area contributed by atoms with Crippen LogP contribution in [0.3, 0.4) is 0 Å². The minimum atomic E-state index is 0.177. The van der Waals surface area contributed by atoms with E-state index in [1.165, 1.54) is 0 Å². The molecule has 1 atom stereocenters. The van der Waals surface area contributed by atoms with Gasteiger partial charge in [0.15, 0.2) is 0 Å². The number of rotatable bonds is 4. The fourth-order valence-corrected chi connectivity index (χ4v) is 1.57. The Kier molecular flexibility index (Phi) is 4.56. The van der Waals surface area contributed by atoms with E-state index in [0.29, 0.717) is 15.8 Å². The highest BCUT2D eigenvalue weighted by Crippen LogP contribution is 2.28. The van der Waals surface area contributed by atoms with Crippen LogP contribution in [0, 0.1) is 0 Å². The van der Waals surface area contributed by atoms with E-state index in [2.05, 4.69) is 6.92 Å². The van der Waals surface area contributed by atoms with E-state index >= 15 is 0 Å². The first kappa shape index (κ1) is 11.7. The van der Waals surface area contributed by atoms with Gasteiger partial charge < -0.3 is 4.74 Å². The highest BCUT2D eigenvalue weighted by atomic mass is 35.5. The maximum Gasteiger partial charge on any atom is 0.139 e. The molecule has 0 fully saturated rings. The molecule has 0 heterocycles. The molecular formula is C11H14Cl2O. The summed E-state index contributed by atoms with van der Waals surface area (Å²) in [6.07, 6.45) is 2.29. The van der Waals surface area contributed by atoms with Crippen LogP contribution in [0.2, 0.25) is 10.0 Å². The van der Waals surface area contributed by atoms with Gasteiger partial charge in [-0.25, -0.2) is 0 Å². The minimum Gasteiger partial charge on any atom is -0.489 e. The van der Waals surface area contributed by atoms with Crippen molar-refractivity contribution in [3.05, 3.63) is 28.2 Å². The van der Waals surface area contributed by atoms with Gasteiger partial charge in [0.25, 0.3) is 0 Å². The first-order chi connectivity index (χ1) is 6.63. The number of hydrogen-bond donors (Lipinski definition) is 0. The molecule has 0 saturated carbocycles. The van der Waals surface area contributed by atoms with Gasteiger partial charge in [-0.3, -0.25) is 0 Å². The first-order valence-corrected chi connectivity index (χ1v) is 5.50. The highest BCUT2D eigenvalue weighted by Gasteiger charge is 2.06. The van der Waals surface area contributed by atoms with Crippen molar-refractivity contribution in [1.29, 1.82) is 0 Å². The Morgan fingerprint density at radius 3 is 2.71 bits per heavy atom. The maximum atomic E-state index is 5.96. The molecule has 0 radical (unpaired) electrons. The third kappa shape index (κ3) is 3.39. The van der Waals surface area contributed by atoms with Crippen LogP contribution < -0.4 is 4.74 Å². The van der Waals surface area contributed by atoms with Crippen LogP contribution in [0.4, 0.5) is 0 Å². The summed E-state index contributed by atoms with van der Waals surface area (Å²) in [6, 6.07) is 5.25. The molecule has 0 aliphatic heterocycles. The fourth-order valence-electron chi connectivity index (χ4n) is 1.25. The lowest BCUT2D eigenvalue weighted by Crippen LogP contribution is -2.11. The molecule has 14 heavy (non-hydrogen) atoms. The van der Waals surface area contributed by atoms with E-state index < -0.39 is 0 Å². The van der Waals surface area contributed by atoms with Crippen LogP contribution in [0.15, 0.2) is 18.2 Å². The zero-order valence-electron chi connectivity index (χ0n) is 8.39. The van der Waals surface area contributed by atoms with Crippen molar-refractivity contribution in [2.24, 2.45) is 0 Å². The minimum absolute atomic E-state index is 0.177. The van der Waals surface area contributed by atoms with E-state index in [0.717, 1.165) is 12.8 Å². The van der Waals surface area contributed by atoms with Crippen LogP contribution in [0.5, 0.6) is 5.75 Å². The number of halogens is 2. The molecule has 0 spiro atoms. The molecule has 0 aromatic heterocycles. The Balaban J connectivity index is 2.70. The van der Waals surface area contributed by atoms with Crippen molar-refractivity contribution in [1.82, 2.24) is 0 Å². The molecule has 1 unspecified atom stereocenters. The molecule has 1 aromatic rings. The Bertz CT molecular complexity index is 299. The summed E-state index contributed by atoms with van der Waals surface area (Å²) in [5, 5.41) is 1.26. The molecule has 0 N–H and O–H groups in total. The van der Waals surface area contributed by atoms with Crippen molar-refractivity contribution < 1.29 is 4.74 Å². The summed E-state index contributed by atoms with van der Waals surface area (Å²) in [5.41, 5.74) is 0. The topological polar surface area (TPSA) is 9.23 Å². The van der Waals surface area contributed by atoms with Crippen molar-refractivity contribution in [3.63, 3.8) is 0 Å². The molecule has 0 aliphatic carbocycles. The average molecular weight is 233 g/mol. The van der Waals surface area contributed by atoms with Crippen molar-refractivity contribution in [3.8, 4) is 5.75 Å². The van der Waals surface area contributed by atoms with Crippen LogP contribution in [-0.2, 0) is 0 Å². The lowest BCUT2D eigenvalue weighted by molar-refractivity contribution is 0.210. The summed E-state index contributed by atoms with van der Waals surface area (Å²) in [7, 11) is 0. The summed E-state index contributed by atoms with van der Waals surface area (Å²) in [4.78, 5) is 0. The predicted octanol–water partition coefficient (Wildman–Crippen LogP) is 4.56. The largest absolute Gasteiger partial charge is 0.489 e. The summed E-state index contributed by atoms with van der Waals surface area (Å²) < 4.78 is 5.65. The summed E-state index contributed by atoms with van der Waals surface area (Å²) >= 11 is 11.8. The van der Waals surface area contributed by atoms with Crippen molar-refractivity contribution >= 4 is 23.2 Å². The third-order valence-corrected chi connectivity index (χ3v) is 2.46. The second kappa shape index (κ2) is 5.47. The Morgan fingerprint density at radius 1 is 1.36 bits per heavy atom. The predicted molar refractivity (Wildman–Crippen MR) is 61.5 cm³/mol. The lowest BCUT2D eigenvalue weighted by Gasteiger charge is -2.14. The lowest BCUT2D eigenvalue weighted by atomic mass is 10.2. The van der Waals surface area contributed by atoms with Gasteiger partial charge in [-0.2, -0.15) is 0 Å². The van der Waals surface area contributed by atoms with E-state index in [-0.39, 0.29) is 6.10 Å². The quantitative estimate of drug-likeness (QED) is 0.740. The van der Waals surface area contributed by atoms with E-state index in [9.17, 15) is 0 Å². The van der Waals surface area contributed by atoms with Crippen LogP contribution in [0.1, 0.15) is 26.7 Å². The molecule has 78 valence electrons. The Morgan fingerprint density at radius 2 is 2.07 bits per heavy atom. The normalized spacial score (nSPS) is 12.6. The molecule has 1 aromatic carbocycles. The van der Waals surface area contributed by atoms with Crippen LogP contribution in [-0.4, -0.2) is 6.10 Å². The maximum absolute atomic E-state index is 5.96. The van der Waals surface area contributed by atoms with Crippen molar-refractivity contribution in [2.75, 3.05) is 0 Å². The molecule has 3 heteroatoms. The molecule has 0 amide bonds. The molecule has 0 aliphatic rings. The van der Waals surface area contributed by atoms with Gasteiger partial charge in [-0.15, -0.1) is 0 Å². The molecule has 1 rings (SSSR count). The monoisotopic (exact) mass is 232 g/mol. The summed E-state index contributed by atoms with van der Waals surface area (Å²) in [5.74, 6) is 0.667. The highest BCUT2D eigenvalue weighted by molar-refractivity contribution is 6.34. The van der Waals surface area contributed by atoms with Crippen LogP contribution >= 0.6 is 23.2 Å². The fraction of sp³-hybridized carbons (Fsp3) is 0.455. The number of benzene rings is 1. The number of hydrogen-bond acceptors (Lipinski definition) is 1. The van der Waals surface area contributed by atoms with Gasteiger partial charge in [-0.05, 0) is 25.5 Å².